The lowest BCUT2D eigenvalue weighted by atomic mass is 9.79. The van der Waals surface area contributed by atoms with Crippen molar-refractivity contribution in [1.29, 1.82) is 0 Å². The maximum absolute atomic E-state index is 10.6. The smallest absolute Gasteiger partial charge is 0.123 e. The molecule has 0 aromatic carbocycles. The van der Waals surface area contributed by atoms with Gasteiger partial charge in [0.05, 0.1) is 0 Å². The minimum atomic E-state index is 0.201. The molecule has 1 heteroatoms. The van der Waals surface area contributed by atoms with Gasteiger partial charge in [0.2, 0.25) is 0 Å². The zero-order valence-electron chi connectivity index (χ0n) is 9.62. The van der Waals surface area contributed by atoms with Crippen molar-refractivity contribution in [2.24, 2.45) is 17.8 Å². The fourth-order valence-electron chi connectivity index (χ4n) is 2.22. The third-order valence-corrected chi connectivity index (χ3v) is 3.25. The van der Waals surface area contributed by atoms with Gasteiger partial charge in [0, 0.05) is 5.92 Å². The maximum atomic E-state index is 10.6. The van der Waals surface area contributed by atoms with E-state index in [-0.39, 0.29) is 5.92 Å². The van der Waals surface area contributed by atoms with Crippen molar-refractivity contribution in [3.63, 3.8) is 0 Å². The van der Waals surface area contributed by atoms with Crippen LogP contribution in [0, 0.1) is 17.8 Å². The molecule has 2 atom stereocenters. The van der Waals surface area contributed by atoms with Crippen molar-refractivity contribution < 1.29 is 4.79 Å². The SMILES string of the molecule is CC(C=O)CC1=CCC[C@@H](C(C)C)C1. The summed E-state index contributed by atoms with van der Waals surface area (Å²) in [6.07, 6.45) is 8.15. The first kappa shape index (κ1) is 11.5. The van der Waals surface area contributed by atoms with Crippen molar-refractivity contribution in [3.8, 4) is 0 Å². The Hall–Kier alpha value is -0.590. The molecule has 1 unspecified atom stereocenters. The minimum absolute atomic E-state index is 0.201. The van der Waals surface area contributed by atoms with Gasteiger partial charge in [0.15, 0.2) is 0 Å². The maximum Gasteiger partial charge on any atom is 0.123 e. The Bertz CT molecular complexity index is 215. The molecule has 80 valence electrons. The Morgan fingerprint density at radius 1 is 1.50 bits per heavy atom. The molecule has 14 heavy (non-hydrogen) atoms. The van der Waals surface area contributed by atoms with Crippen LogP contribution in [-0.2, 0) is 4.79 Å². The predicted octanol–water partition coefficient (Wildman–Crippen LogP) is 3.59. The Morgan fingerprint density at radius 3 is 2.79 bits per heavy atom. The van der Waals surface area contributed by atoms with Crippen molar-refractivity contribution >= 4 is 6.29 Å². The van der Waals surface area contributed by atoms with Gasteiger partial charge in [0.25, 0.3) is 0 Å². The molecule has 0 radical (unpaired) electrons. The van der Waals surface area contributed by atoms with Crippen LogP contribution in [0.3, 0.4) is 0 Å². The highest BCUT2D eigenvalue weighted by Gasteiger charge is 2.19. The zero-order chi connectivity index (χ0) is 10.6. The van der Waals surface area contributed by atoms with Gasteiger partial charge >= 0.3 is 0 Å². The second kappa shape index (κ2) is 5.33. The minimum Gasteiger partial charge on any atom is -0.303 e. The Labute approximate surface area is 87.6 Å². The molecule has 0 N–H and O–H groups in total. The molecule has 0 heterocycles. The lowest BCUT2D eigenvalue weighted by Gasteiger charge is -2.26. The second-order valence-electron chi connectivity index (χ2n) is 4.97. The molecule has 1 aliphatic rings. The van der Waals surface area contributed by atoms with Crippen LogP contribution in [0.4, 0.5) is 0 Å². The van der Waals surface area contributed by atoms with Crippen LogP contribution >= 0.6 is 0 Å². The van der Waals surface area contributed by atoms with Crippen LogP contribution in [0.1, 0.15) is 46.5 Å². The number of carbonyl (C=O) groups excluding carboxylic acids is 1. The van der Waals surface area contributed by atoms with Crippen molar-refractivity contribution in [1.82, 2.24) is 0 Å². The van der Waals surface area contributed by atoms with Gasteiger partial charge in [-0.1, -0.05) is 32.4 Å². The summed E-state index contributed by atoms with van der Waals surface area (Å²) < 4.78 is 0. The van der Waals surface area contributed by atoms with Crippen LogP contribution in [-0.4, -0.2) is 6.29 Å². The molecular weight excluding hydrogens is 172 g/mol. The summed E-state index contributed by atoms with van der Waals surface area (Å²) >= 11 is 0. The van der Waals surface area contributed by atoms with E-state index in [1.807, 2.05) is 6.92 Å². The largest absolute Gasteiger partial charge is 0.303 e. The molecule has 1 aliphatic carbocycles. The summed E-state index contributed by atoms with van der Waals surface area (Å²) in [5.74, 6) is 1.83. The summed E-state index contributed by atoms with van der Waals surface area (Å²) in [5, 5.41) is 0. The molecule has 0 aromatic heterocycles. The third-order valence-electron chi connectivity index (χ3n) is 3.25. The van der Waals surface area contributed by atoms with Gasteiger partial charge in [-0.15, -0.1) is 0 Å². The van der Waals surface area contributed by atoms with E-state index in [2.05, 4.69) is 19.9 Å². The molecule has 1 rings (SSSR count). The van der Waals surface area contributed by atoms with E-state index < -0.39 is 0 Å². The normalized spacial score (nSPS) is 24.6. The van der Waals surface area contributed by atoms with Gasteiger partial charge in [-0.25, -0.2) is 0 Å². The summed E-state index contributed by atoms with van der Waals surface area (Å²) in [4.78, 5) is 10.6. The third kappa shape index (κ3) is 3.28. The number of carbonyl (C=O) groups is 1. The van der Waals surface area contributed by atoms with E-state index in [9.17, 15) is 4.79 Å². The predicted molar refractivity (Wildman–Crippen MR) is 60.1 cm³/mol. The summed E-state index contributed by atoms with van der Waals surface area (Å²) in [6.45, 7) is 6.61. The molecule has 0 amide bonds. The number of rotatable bonds is 4. The molecule has 0 aromatic rings. The van der Waals surface area contributed by atoms with Crippen molar-refractivity contribution in [2.75, 3.05) is 0 Å². The number of allylic oxidation sites excluding steroid dienone is 2. The summed E-state index contributed by atoms with van der Waals surface area (Å²) in [7, 11) is 0. The molecule has 0 aliphatic heterocycles. The summed E-state index contributed by atoms with van der Waals surface area (Å²) in [6, 6.07) is 0. The zero-order valence-corrected chi connectivity index (χ0v) is 9.62. The van der Waals surface area contributed by atoms with E-state index in [0.717, 1.165) is 24.5 Å². The fraction of sp³-hybridized carbons (Fsp3) is 0.769. The molecule has 0 bridgehead atoms. The Balaban J connectivity index is 2.46. The lowest BCUT2D eigenvalue weighted by Crippen LogP contribution is -2.14. The van der Waals surface area contributed by atoms with Crippen molar-refractivity contribution in [3.05, 3.63) is 11.6 Å². The quantitative estimate of drug-likeness (QED) is 0.493. The molecule has 0 saturated heterocycles. The van der Waals surface area contributed by atoms with Gasteiger partial charge in [-0.05, 0) is 37.5 Å². The van der Waals surface area contributed by atoms with E-state index in [0.29, 0.717) is 0 Å². The van der Waals surface area contributed by atoms with Gasteiger partial charge in [-0.2, -0.15) is 0 Å². The molecule has 1 nitrogen and oxygen atoms in total. The summed E-state index contributed by atoms with van der Waals surface area (Å²) in [5.41, 5.74) is 1.51. The molecule has 0 saturated carbocycles. The standard InChI is InChI=1S/C13H22O/c1-10(2)13-6-4-5-12(8-13)7-11(3)9-14/h5,9-11,13H,4,6-8H2,1-3H3/t11?,13-/m1/s1. The lowest BCUT2D eigenvalue weighted by molar-refractivity contribution is -0.110. The average molecular weight is 194 g/mol. The second-order valence-corrected chi connectivity index (χ2v) is 4.97. The average Bonchev–Trinajstić information content (AvgIpc) is 2.18. The van der Waals surface area contributed by atoms with E-state index in [1.165, 1.54) is 24.8 Å². The van der Waals surface area contributed by atoms with E-state index in [4.69, 9.17) is 0 Å². The first-order chi connectivity index (χ1) is 6.63. The van der Waals surface area contributed by atoms with Crippen LogP contribution < -0.4 is 0 Å². The van der Waals surface area contributed by atoms with Crippen molar-refractivity contribution in [2.45, 2.75) is 46.5 Å². The number of aldehydes is 1. The first-order valence-electron chi connectivity index (χ1n) is 5.76. The van der Waals surface area contributed by atoms with Crippen LogP contribution in [0.25, 0.3) is 0 Å². The fourth-order valence-corrected chi connectivity index (χ4v) is 2.22. The van der Waals surface area contributed by atoms with E-state index >= 15 is 0 Å². The van der Waals surface area contributed by atoms with Gasteiger partial charge < -0.3 is 4.79 Å². The monoisotopic (exact) mass is 194 g/mol. The van der Waals surface area contributed by atoms with Crippen LogP contribution in [0.15, 0.2) is 11.6 Å². The topological polar surface area (TPSA) is 17.1 Å². The van der Waals surface area contributed by atoms with Crippen LogP contribution in [0.5, 0.6) is 0 Å². The highest BCUT2D eigenvalue weighted by molar-refractivity contribution is 5.53. The van der Waals surface area contributed by atoms with Gasteiger partial charge in [-0.3, -0.25) is 0 Å². The first-order valence-corrected chi connectivity index (χ1v) is 5.76. The molecule has 0 spiro atoms. The highest BCUT2D eigenvalue weighted by Crippen LogP contribution is 2.32. The van der Waals surface area contributed by atoms with E-state index in [1.54, 1.807) is 0 Å². The number of hydrogen-bond acceptors (Lipinski definition) is 1. The highest BCUT2D eigenvalue weighted by atomic mass is 16.1. The van der Waals surface area contributed by atoms with Crippen LogP contribution in [0.2, 0.25) is 0 Å². The Morgan fingerprint density at radius 2 is 2.21 bits per heavy atom. The Kier molecular flexibility index (Phi) is 4.37. The molecule has 0 fully saturated rings. The molecular formula is C13H22O. The van der Waals surface area contributed by atoms with Gasteiger partial charge in [0.1, 0.15) is 6.29 Å². The number of hydrogen-bond donors (Lipinski definition) is 0.